The van der Waals surface area contributed by atoms with Crippen molar-refractivity contribution in [3.63, 3.8) is 0 Å². The van der Waals surface area contributed by atoms with Gasteiger partial charge >= 0.3 is 0 Å². The predicted molar refractivity (Wildman–Crippen MR) is 30.7 cm³/mol. The van der Waals surface area contributed by atoms with Crippen LogP contribution in [0.25, 0.3) is 0 Å². The van der Waals surface area contributed by atoms with Crippen LogP contribution in [0.1, 0.15) is 0 Å². The third-order valence-corrected chi connectivity index (χ3v) is 1.27. The SMILES string of the molecule is O=C(Cl)C1NCCN1. The summed E-state index contributed by atoms with van der Waals surface area (Å²) in [6, 6.07) is 0. The Hall–Kier alpha value is -0.120. The van der Waals surface area contributed by atoms with E-state index >= 15 is 0 Å². The highest BCUT2D eigenvalue weighted by atomic mass is 35.5. The first-order valence-corrected chi connectivity index (χ1v) is 2.84. The van der Waals surface area contributed by atoms with E-state index in [-0.39, 0.29) is 11.4 Å². The molecule has 0 aromatic heterocycles. The largest absolute Gasteiger partial charge is 0.293 e. The van der Waals surface area contributed by atoms with E-state index in [1.807, 2.05) is 0 Å². The molecule has 1 aliphatic rings. The van der Waals surface area contributed by atoms with Crippen LogP contribution in [0.5, 0.6) is 0 Å². The Labute approximate surface area is 52.4 Å². The zero-order chi connectivity index (χ0) is 5.98. The first-order valence-electron chi connectivity index (χ1n) is 2.47. The van der Waals surface area contributed by atoms with Crippen LogP contribution < -0.4 is 10.6 Å². The van der Waals surface area contributed by atoms with Gasteiger partial charge in [-0.3, -0.25) is 15.4 Å². The fourth-order valence-corrected chi connectivity index (χ4v) is 0.820. The summed E-state index contributed by atoms with van der Waals surface area (Å²) in [5.41, 5.74) is 0. The molecule has 0 amide bonds. The number of hydrogen-bond donors (Lipinski definition) is 2. The monoisotopic (exact) mass is 134 g/mol. The van der Waals surface area contributed by atoms with Gasteiger partial charge in [0.25, 0.3) is 5.24 Å². The van der Waals surface area contributed by atoms with Gasteiger partial charge in [-0.15, -0.1) is 0 Å². The molecule has 1 fully saturated rings. The molecule has 1 aliphatic heterocycles. The van der Waals surface area contributed by atoms with Crippen molar-refractivity contribution in [2.75, 3.05) is 13.1 Å². The Kier molecular flexibility index (Phi) is 1.83. The van der Waals surface area contributed by atoms with Crippen molar-refractivity contribution < 1.29 is 4.79 Å². The minimum Gasteiger partial charge on any atom is -0.293 e. The molecule has 1 rings (SSSR count). The third kappa shape index (κ3) is 1.18. The first kappa shape index (κ1) is 6.01. The third-order valence-electron chi connectivity index (χ3n) is 1.05. The Balaban J connectivity index is 2.35. The second-order valence-corrected chi connectivity index (χ2v) is 2.02. The van der Waals surface area contributed by atoms with Gasteiger partial charge in [-0.05, 0) is 11.6 Å². The molecule has 0 aromatic rings. The minimum atomic E-state index is -0.359. The molecule has 1 heterocycles. The molecule has 4 heteroatoms. The topological polar surface area (TPSA) is 41.1 Å². The van der Waals surface area contributed by atoms with Gasteiger partial charge in [-0.1, -0.05) is 0 Å². The summed E-state index contributed by atoms with van der Waals surface area (Å²) in [6.45, 7) is 1.65. The minimum absolute atomic E-state index is 0.309. The first-order chi connectivity index (χ1) is 3.80. The molecule has 46 valence electrons. The molecule has 0 spiro atoms. The van der Waals surface area contributed by atoms with Crippen LogP contribution in [0.2, 0.25) is 0 Å². The molecule has 0 atom stereocenters. The van der Waals surface area contributed by atoms with Gasteiger partial charge in [-0.2, -0.15) is 0 Å². The van der Waals surface area contributed by atoms with Gasteiger partial charge in [0, 0.05) is 13.1 Å². The lowest BCUT2D eigenvalue weighted by molar-refractivity contribution is -0.113. The van der Waals surface area contributed by atoms with Crippen molar-refractivity contribution in [3.8, 4) is 0 Å². The predicted octanol–water partition coefficient (Wildman–Crippen LogP) is -0.729. The fourth-order valence-electron chi connectivity index (χ4n) is 0.666. The molecular formula is C4H7ClN2O. The van der Waals surface area contributed by atoms with Crippen LogP contribution >= 0.6 is 11.6 Å². The average Bonchev–Trinajstić information content (AvgIpc) is 2.12. The smallest absolute Gasteiger partial charge is 0.253 e. The molecule has 0 radical (unpaired) electrons. The number of nitrogens with one attached hydrogen (secondary N) is 2. The van der Waals surface area contributed by atoms with Crippen molar-refractivity contribution in [2.45, 2.75) is 6.17 Å². The maximum absolute atomic E-state index is 10.3. The second kappa shape index (κ2) is 2.44. The van der Waals surface area contributed by atoms with Crippen molar-refractivity contribution >= 4 is 16.8 Å². The van der Waals surface area contributed by atoms with E-state index < -0.39 is 0 Å². The molecule has 0 unspecified atom stereocenters. The normalized spacial score (nSPS) is 21.6. The van der Waals surface area contributed by atoms with Gasteiger partial charge < -0.3 is 0 Å². The highest BCUT2D eigenvalue weighted by molar-refractivity contribution is 6.64. The quantitative estimate of drug-likeness (QED) is 0.465. The van der Waals surface area contributed by atoms with Crippen LogP contribution in [-0.2, 0) is 4.79 Å². The molecular weight excluding hydrogens is 128 g/mol. The van der Waals surface area contributed by atoms with Gasteiger partial charge in [0.15, 0.2) is 0 Å². The van der Waals surface area contributed by atoms with Gasteiger partial charge in [-0.25, -0.2) is 0 Å². The van der Waals surface area contributed by atoms with Crippen LogP contribution in [0, 0.1) is 0 Å². The van der Waals surface area contributed by atoms with E-state index in [9.17, 15) is 4.79 Å². The van der Waals surface area contributed by atoms with Crippen LogP contribution in [0.15, 0.2) is 0 Å². The number of hydrogen-bond acceptors (Lipinski definition) is 3. The number of halogens is 1. The molecule has 2 N–H and O–H groups in total. The number of carbonyl (C=O) groups is 1. The molecule has 0 aliphatic carbocycles. The van der Waals surface area contributed by atoms with Crippen molar-refractivity contribution in [2.24, 2.45) is 0 Å². The lowest BCUT2D eigenvalue weighted by atomic mass is 10.6. The van der Waals surface area contributed by atoms with Crippen molar-refractivity contribution in [3.05, 3.63) is 0 Å². The van der Waals surface area contributed by atoms with E-state index in [0.717, 1.165) is 13.1 Å². The summed E-state index contributed by atoms with van der Waals surface area (Å²) in [6.07, 6.45) is -0.309. The summed E-state index contributed by atoms with van der Waals surface area (Å²) >= 11 is 5.12. The lowest BCUT2D eigenvalue weighted by Crippen LogP contribution is -2.36. The van der Waals surface area contributed by atoms with Gasteiger partial charge in [0.1, 0.15) is 6.17 Å². The summed E-state index contributed by atoms with van der Waals surface area (Å²) < 4.78 is 0. The Morgan fingerprint density at radius 1 is 1.50 bits per heavy atom. The Morgan fingerprint density at radius 3 is 2.25 bits per heavy atom. The summed E-state index contributed by atoms with van der Waals surface area (Å²) in [4.78, 5) is 10.3. The number of rotatable bonds is 1. The zero-order valence-electron chi connectivity index (χ0n) is 4.28. The van der Waals surface area contributed by atoms with E-state index in [1.54, 1.807) is 0 Å². The molecule has 0 saturated carbocycles. The number of carbonyl (C=O) groups excluding carboxylic acids is 1. The molecule has 0 aromatic carbocycles. The highest BCUT2D eigenvalue weighted by Crippen LogP contribution is 1.90. The highest BCUT2D eigenvalue weighted by Gasteiger charge is 2.18. The van der Waals surface area contributed by atoms with Crippen LogP contribution in [0.3, 0.4) is 0 Å². The summed E-state index contributed by atoms with van der Waals surface area (Å²) in [5.74, 6) is 0. The molecule has 1 saturated heterocycles. The van der Waals surface area contributed by atoms with Crippen LogP contribution in [-0.4, -0.2) is 24.5 Å². The maximum Gasteiger partial charge on any atom is 0.253 e. The summed E-state index contributed by atoms with van der Waals surface area (Å²) in [5, 5.41) is 5.37. The molecule has 8 heavy (non-hydrogen) atoms. The van der Waals surface area contributed by atoms with E-state index in [0.29, 0.717) is 0 Å². The van der Waals surface area contributed by atoms with Crippen LogP contribution in [0.4, 0.5) is 0 Å². The van der Waals surface area contributed by atoms with E-state index in [1.165, 1.54) is 0 Å². The Bertz CT molecular complexity index is 100. The second-order valence-electron chi connectivity index (χ2n) is 1.65. The van der Waals surface area contributed by atoms with Crippen molar-refractivity contribution in [1.82, 2.24) is 10.6 Å². The standard InChI is InChI=1S/C4H7ClN2O/c5-3(8)4-6-1-2-7-4/h4,6-7H,1-2H2. The Morgan fingerprint density at radius 2 is 2.00 bits per heavy atom. The summed E-state index contributed by atoms with van der Waals surface area (Å²) in [7, 11) is 0. The maximum atomic E-state index is 10.3. The van der Waals surface area contributed by atoms with E-state index in [4.69, 9.17) is 11.6 Å². The molecule has 3 nitrogen and oxygen atoms in total. The zero-order valence-corrected chi connectivity index (χ0v) is 5.03. The van der Waals surface area contributed by atoms with Gasteiger partial charge in [0.05, 0.1) is 0 Å². The molecule has 0 bridgehead atoms. The average molecular weight is 135 g/mol. The van der Waals surface area contributed by atoms with Gasteiger partial charge in [0.2, 0.25) is 0 Å². The lowest BCUT2D eigenvalue weighted by Gasteiger charge is -2.00. The van der Waals surface area contributed by atoms with E-state index in [2.05, 4.69) is 10.6 Å². The van der Waals surface area contributed by atoms with Crippen molar-refractivity contribution in [1.29, 1.82) is 0 Å². The fraction of sp³-hybridized carbons (Fsp3) is 0.750.